The Morgan fingerprint density at radius 3 is 2.72 bits per heavy atom. The number of rotatable bonds is 3. The molecule has 0 atom stereocenters. The Hall–Kier alpha value is -1.41. The van der Waals surface area contributed by atoms with E-state index in [9.17, 15) is 8.42 Å². The number of nitrogens with zero attached hydrogens (tertiary/aromatic N) is 3. The smallest absolute Gasteiger partial charge is 0.186 e. The van der Waals surface area contributed by atoms with Gasteiger partial charge in [0.25, 0.3) is 0 Å². The molecule has 2 N–H and O–H groups in total. The molecule has 1 aromatic carbocycles. The highest BCUT2D eigenvalue weighted by atomic mass is 79.9. The molecule has 0 spiro atoms. The minimum absolute atomic E-state index is 0.108. The zero-order chi connectivity index (χ0) is 13.3. The van der Waals surface area contributed by atoms with Crippen LogP contribution in [0.2, 0.25) is 0 Å². The van der Waals surface area contributed by atoms with E-state index in [0.29, 0.717) is 5.69 Å². The average Bonchev–Trinajstić information content (AvgIpc) is 2.62. The highest BCUT2D eigenvalue weighted by Crippen LogP contribution is 2.25. The van der Waals surface area contributed by atoms with Crippen molar-refractivity contribution >= 4 is 31.5 Å². The standard InChI is InChI=1S/C10H11BrN4O2S/c1-15-5-8(13-14-15)6-18(16,17)10-3-2-7(11)4-9(10)12/h2-5H,6,12H2,1H3. The second-order valence-electron chi connectivity index (χ2n) is 3.82. The largest absolute Gasteiger partial charge is 0.398 e. The van der Waals surface area contributed by atoms with E-state index in [1.807, 2.05) is 0 Å². The molecule has 0 bridgehead atoms. The summed E-state index contributed by atoms with van der Waals surface area (Å²) in [6.45, 7) is 0. The van der Waals surface area contributed by atoms with Crippen molar-refractivity contribution in [3.05, 3.63) is 34.6 Å². The molecule has 0 amide bonds. The highest BCUT2D eigenvalue weighted by Gasteiger charge is 2.20. The maximum atomic E-state index is 12.2. The third kappa shape index (κ3) is 2.70. The number of aromatic nitrogens is 3. The third-order valence-electron chi connectivity index (χ3n) is 2.29. The molecule has 1 heterocycles. The van der Waals surface area contributed by atoms with Crippen molar-refractivity contribution < 1.29 is 8.42 Å². The van der Waals surface area contributed by atoms with E-state index in [1.54, 1.807) is 25.4 Å². The van der Waals surface area contributed by atoms with Crippen molar-refractivity contribution in [3.8, 4) is 0 Å². The molecule has 0 aliphatic rings. The molecule has 0 aliphatic heterocycles. The Balaban J connectivity index is 2.36. The number of benzene rings is 1. The van der Waals surface area contributed by atoms with E-state index in [1.165, 1.54) is 10.7 Å². The van der Waals surface area contributed by atoms with Gasteiger partial charge in [0.15, 0.2) is 9.84 Å². The average molecular weight is 331 g/mol. The Morgan fingerprint density at radius 2 is 2.17 bits per heavy atom. The topological polar surface area (TPSA) is 90.9 Å². The van der Waals surface area contributed by atoms with E-state index in [4.69, 9.17) is 5.73 Å². The molecule has 0 aliphatic carbocycles. The fourth-order valence-corrected chi connectivity index (χ4v) is 3.29. The molecule has 96 valence electrons. The lowest BCUT2D eigenvalue weighted by molar-refractivity contribution is 0.595. The van der Waals surface area contributed by atoms with Crippen LogP contribution in [-0.4, -0.2) is 23.4 Å². The molecule has 0 fully saturated rings. The number of aryl methyl sites for hydroxylation is 1. The lowest BCUT2D eigenvalue weighted by Gasteiger charge is -2.06. The van der Waals surface area contributed by atoms with Gasteiger partial charge in [0, 0.05) is 17.7 Å². The molecule has 8 heteroatoms. The first kappa shape index (κ1) is 13.0. The van der Waals surface area contributed by atoms with Gasteiger partial charge in [-0.2, -0.15) is 0 Å². The summed E-state index contributed by atoms with van der Waals surface area (Å²) in [5.74, 6) is -0.216. The minimum Gasteiger partial charge on any atom is -0.398 e. The van der Waals surface area contributed by atoms with Crippen molar-refractivity contribution in [3.63, 3.8) is 0 Å². The number of sulfone groups is 1. The quantitative estimate of drug-likeness (QED) is 0.852. The number of hydrogen-bond donors (Lipinski definition) is 1. The maximum Gasteiger partial charge on any atom is 0.186 e. The van der Waals surface area contributed by atoms with Crippen LogP contribution in [0.3, 0.4) is 0 Å². The van der Waals surface area contributed by atoms with Crippen LogP contribution in [0.15, 0.2) is 33.8 Å². The van der Waals surface area contributed by atoms with E-state index in [-0.39, 0.29) is 16.3 Å². The summed E-state index contributed by atoms with van der Waals surface area (Å²) >= 11 is 3.23. The first-order valence-corrected chi connectivity index (χ1v) is 7.46. The zero-order valence-electron chi connectivity index (χ0n) is 9.54. The molecule has 6 nitrogen and oxygen atoms in total. The first-order valence-electron chi connectivity index (χ1n) is 5.01. The molecular weight excluding hydrogens is 320 g/mol. The molecule has 2 aromatic rings. The second-order valence-corrected chi connectivity index (χ2v) is 6.70. The number of nitrogens with two attached hydrogens (primary N) is 1. The van der Waals surface area contributed by atoms with Crippen LogP contribution in [0.5, 0.6) is 0 Å². The summed E-state index contributed by atoms with van der Waals surface area (Å²) in [6, 6.07) is 4.68. The van der Waals surface area contributed by atoms with Gasteiger partial charge in [-0.3, -0.25) is 4.68 Å². The van der Waals surface area contributed by atoms with Crippen LogP contribution < -0.4 is 5.73 Å². The normalized spacial score (nSPS) is 11.7. The SMILES string of the molecule is Cn1cc(CS(=O)(=O)c2ccc(Br)cc2N)nn1. The van der Waals surface area contributed by atoms with E-state index < -0.39 is 9.84 Å². The lowest BCUT2D eigenvalue weighted by Crippen LogP contribution is -2.08. The Labute approximate surface area is 113 Å². The lowest BCUT2D eigenvalue weighted by atomic mass is 10.3. The van der Waals surface area contributed by atoms with Crippen molar-refractivity contribution in [2.45, 2.75) is 10.6 Å². The number of hydrogen-bond acceptors (Lipinski definition) is 5. The monoisotopic (exact) mass is 330 g/mol. The van der Waals surface area contributed by atoms with Gasteiger partial charge in [-0.05, 0) is 18.2 Å². The fraction of sp³-hybridized carbons (Fsp3) is 0.200. The highest BCUT2D eigenvalue weighted by molar-refractivity contribution is 9.10. The van der Waals surface area contributed by atoms with Gasteiger partial charge in [-0.15, -0.1) is 5.10 Å². The third-order valence-corrected chi connectivity index (χ3v) is 4.51. The Bertz CT molecular complexity index is 681. The summed E-state index contributed by atoms with van der Waals surface area (Å²) < 4.78 is 26.5. The number of halogens is 1. The first-order chi connectivity index (χ1) is 8.38. The Morgan fingerprint density at radius 1 is 1.44 bits per heavy atom. The van der Waals surface area contributed by atoms with Gasteiger partial charge in [-0.1, -0.05) is 21.1 Å². The van der Waals surface area contributed by atoms with Crippen molar-refractivity contribution in [2.75, 3.05) is 5.73 Å². The number of anilines is 1. The summed E-state index contributed by atoms with van der Waals surface area (Å²) in [5.41, 5.74) is 6.32. The molecular formula is C10H11BrN4O2S. The van der Waals surface area contributed by atoms with Crippen LogP contribution in [0.25, 0.3) is 0 Å². The van der Waals surface area contributed by atoms with Crippen LogP contribution in [0, 0.1) is 0 Å². The molecule has 2 rings (SSSR count). The van der Waals surface area contributed by atoms with E-state index >= 15 is 0 Å². The Kier molecular flexibility index (Phi) is 3.40. The molecule has 0 unspecified atom stereocenters. The van der Waals surface area contributed by atoms with Crippen molar-refractivity contribution in [2.24, 2.45) is 7.05 Å². The summed E-state index contributed by atoms with van der Waals surface area (Å²) in [4.78, 5) is 0.108. The van der Waals surface area contributed by atoms with Gasteiger partial charge in [0.2, 0.25) is 0 Å². The van der Waals surface area contributed by atoms with Gasteiger partial charge in [-0.25, -0.2) is 8.42 Å². The molecule has 1 aromatic heterocycles. The van der Waals surface area contributed by atoms with Crippen LogP contribution in [-0.2, 0) is 22.6 Å². The van der Waals surface area contributed by atoms with Crippen molar-refractivity contribution in [1.82, 2.24) is 15.0 Å². The van der Waals surface area contributed by atoms with Crippen LogP contribution >= 0.6 is 15.9 Å². The predicted molar refractivity (Wildman–Crippen MR) is 70.4 cm³/mol. The molecule has 0 saturated heterocycles. The van der Waals surface area contributed by atoms with Gasteiger partial charge < -0.3 is 5.73 Å². The molecule has 0 radical (unpaired) electrons. The van der Waals surface area contributed by atoms with Crippen molar-refractivity contribution in [1.29, 1.82) is 0 Å². The summed E-state index contributed by atoms with van der Waals surface area (Å²) in [5, 5.41) is 7.45. The molecule has 0 saturated carbocycles. The zero-order valence-corrected chi connectivity index (χ0v) is 11.9. The maximum absolute atomic E-state index is 12.2. The summed E-state index contributed by atoms with van der Waals surface area (Å²) in [6.07, 6.45) is 1.56. The van der Waals surface area contributed by atoms with Gasteiger partial charge in [0.05, 0.1) is 16.3 Å². The van der Waals surface area contributed by atoms with Crippen LogP contribution in [0.4, 0.5) is 5.69 Å². The fourth-order valence-electron chi connectivity index (χ4n) is 1.54. The number of nitrogen functional groups attached to an aromatic ring is 1. The molecule has 18 heavy (non-hydrogen) atoms. The van der Waals surface area contributed by atoms with E-state index in [0.717, 1.165) is 4.47 Å². The minimum atomic E-state index is -3.51. The van der Waals surface area contributed by atoms with Gasteiger partial charge >= 0.3 is 0 Å². The summed E-state index contributed by atoms with van der Waals surface area (Å²) in [7, 11) is -1.83. The van der Waals surface area contributed by atoms with Gasteiger partial charge in [0.1, 0.15) is 5.75 Å². The van der Waals surface area contributed by atoms with Crippen LogP contribution in [0.1, 0.15) is 5.69 Å². The van der Waals surface area contributed by atoms with E-state index in [2.05, 4.69) is 26.2 Å². The predicted octanol–water partition coefficient (Wildman–Crippen LogP) is 1.13. The second kappa shape index (κ2) is 4.69.